The van der Waals surface area contributed by atoms with Crippen LogP contribution < -0.4 is 14.8 Å². The van der Waals surface area contributed by atoms with Gasteiger partial charge in [-0.15, -0.1) is 0 Å². The van der Waals surface area contributed by atoms with Gasteiger partial charge in [0, 0.05) is 5.02 Å². The maximum absolute atomic E-state index is 13.1. The van der Waals surface area contributed by atoms with Crippen LogP contribution >= 0.6 is 23.2 Å². The fourth-order valence-electron chi connectivity index (χ4n) is 2.94. The van der Waals surface area contributed by atoms with Crippen molar-refractivity contribution in [3.63, 3.8) is 0 Å². The minimum atomic E-state index is -4.14. The minimum Gasteiger partial charge on any atom is -0.495 e. The van der Waals surface area contributed by atoms with E-state index in [1.807, 2.05) is 30.3 Å². The molecule has 0 heterocycles. The van der Waals surface area contributed by atoms with Crippen molar-refractivity contribution in [2.45, 2.75) is 17.4 Å². The third-order valence-electron chi connectivity index (χ3n) is 4.44. The van der Waals surface area contributed by atoms with Crippen LogP contribution in [-0.4, -0.2) is 27.5 Å². The number of halogens is 2. The summed E-state index contributed by atoms with van der Waals surface area (Å²) in [5, 5.41) is 2.94. The Morgan fingerprint density at radius 2 is 1.68 bits per heavy atom. The van der Waals surface area contributed by atoms with Crippen molar-refractivity contribution in [3.05, 3.63) is 88.4 Å². The van der Waals surface area contributed by atoms with Crippen molar-refractivity contribution in [3.8, 4) is 5.75 Å². The van der Waals surface area contributed by atoms with E-state index in [9.17, 15) is 13.2 Å². The summed E-state index contributed by atoms with van der Waals surface area (Å²) >= 11 is 12.0. The molecule has 0 unspecified atom stereocenters. The number of sulfonamides is 1. The highest BCUT2D eigenvalue weighted by Gasteiger charge is 2.28. The summed E-state index contributed by atoms with van der Waals surface area (Å²) in [6.07, 6.45) is 0.124. The minimum absolute atomic E-state index is 0.000461. The molecule has 0 aliphatic heterocycles. The zero-order valence-corrected chi connectivity index (χ0v) is 18.8. The summed E-state index contributed by atoms with van der Waals surface area (Å²) in [7, 11) is -2.66. The van der Waals surface area contributed by atoms with Crippen LogP contribution in [0.1, 0.15) is 5.56 Å². The summed E-state index contributed by atoms with van der Waals surface area (Å²) in [6, 6.07) is 18.9. The summed E-state index contributed by atoms with van der Waals surface area (Å²) in [6.45, 7) is 0. The number of amides is 1. The predicted octanol–water partition coefficient (Wildman–Crippen LogP) is 4.53. The standard InChI is InChI=1S/C22H20Cl2N2O4S/c1-30-20-10-6-5-9-18(20)25-22(27)19(13-15-7-3-2-4-8-15)26-31(28,29)21-14-16(23)11-12-17(21)24/h2-12,14,19,26H,13H2,1H3,(H,25,27)/t19-/m1/s1. The summed E-state index contributed by atoms with van der Waals surface area (Å²) in [4.78, 5) is 12.9. The molecule has 3 rings (SSSR count). The van der Waals surface area contributed by atoms with Crippen LogP contribution in [-0.2, 0) is 21.2 Å². The fraction of sp³-hybridized carbons (Fsp3) is 0.136. The maximum Gasteiger partial charge on any atom is 0.243 e. The van der Waals surface area contributed by atoms with E-state index in [1.54, 1.807) is 24.3 Å². The van der Waals surface area contributed by atoms with Crippen LogP contribution in [0.15, 0.2) is 77.7 Å². The molecule has 6 nitrogen and oxygen atoms in total. The molecule has 9 heteroatoms. The van der Waals surface area contributed by atoms with Gasteiger partial charge < -0.3 is 10.1 Å². The van der Waals surface area contributed by atoms with Gasteiger partial charge in [-0.3, -0.25) is 4.79 Å². The van der Waals surface area contributed by atoms with Gasteiger partial charge in [0.2, 0.25) is 15.9 Å². The number of rotatable bonds is 8. The van der Waals surface area contributed by atoms with E-state index in [0.717, 1.165) is 5.56 Å². The van der Waals surface area contributed by atoms with E-state index < -0.39 is 22.0 Å². The van der Waals surface area contributed by atoms with Crippen molar-refractivity contribution in [2.24, 2.45) is 0 Å². The quantitative estimate of drug-likeness (QED) is 0.497. The summed E-state index contributed by atoms with van der Waals surface area (Å²) < 4.78 is 33.8. The zero-order chi connectivity index (χ0) is 22.4. The average molecular weight is 479 g/mol. The third kappa shape index (κ3) is 5.98. The van der Waals surface area contributed by atoms with Gasteiger partial charge >= 0.3 is 0 Å². The summed E-state index contributed by atoms with van der Waals surface area (Å²) in [5.41, 5.74) is 1.20. The molecular formula is C22H20Cl2N2O4S. The van der Waals surface area contributed by atoms with Crippen LogP contribution in [0.2, 0.25) is 10.0 Å². The molecule has 0 radical (unpaired) electrons. The van der Waals surface area contributed by atoms with Crippen molar-refractivity contribution < 1.29 is 17.9 Å². The van der Waals surface area contributed by atoms with Crippen molar-refractivity contribution in [1.29, 1.82) is 0 Å². The first-order chi connectivity index (χ1) is 14.8. The highest BCUT2D eigenvalue weighted by atomic mass is 35.5. The lowest BCUT2D eigenvalue weighted by molar-refractivity contribution is -0.117. The number of para-hydroxylation sites is 2. The molecule has 0 saturated carbocycles. The third-order valence-corrected chi connectivity index (χ3v) is 6.63. The Balaban J connectivity index is 1.92. The topological polar surface area (TPSA) is 84.5 Å². The number of anilines is 1. The first-order valence-corrected chi connectivity index (χ1v) is 11.5. The van der Waals surface area contributed by atoms with Gasteiger partial charge in [-0.2, -0.15) is 4.72 Å². The number of hydrogen-bond donors (Lipinski definition) is 2. The number of ether oxygens (including phenoxy) is 1. The fourth-order valence-corrected chi connectivity index (χ4v) is 4.90. The van der Waals surface area contributed by atoms with Gasteiger partial charge in [0.25, 0.3) is 0 Å². The van der Waals surface area contributed by atoms with Crippen LogP contribution in [0.25, 0.3) is 0 Å². The predicted molar refractivity (Wildman–Crippen MR) is 122 cm³/mol. The zero-order valence-electron chi connectivity index (χ0n) is 16.5. The molecule has 162 valence electrons. The molecule has 2 N–H and O–H groups in total. The molecule has 31 heavy (non-hydrogen) atoms. The molecule has 1 amide bonds. The summed E-state index contributed by atoms with van der Waals surface area (Å²) in [5.74, 6) is -0.0925. The van der Waals surface area contributed by atoms with Gasteiger partial charge in [0.1, 0.15) is 16.7 Å². The van der Waals surface area contributed by atoms with Gasteiger partial charge in [-0.25, -0.2) is 8.42 Å². The highest BCUT2D eigenvalue weighted by molar-refractivity contribution is 7.89. The second kappa shape index (κ2) is 10.2. The van der Waals surface area contributed by atoms with Gasteiger partial charge in [-0.05, 0) is 42.3 Å². The Bertz CT molecular complexity index is 1170. The molecule has 0 bridgehead atoms. The smallest absolute Gasteiger partial charge is 0.243 e. The van der Waals surface area contributed by atoms with E-state index >= 15 is 0 Å². The van der Waals surface area contributed by atoms with E-state index in [-0.39, 0.29) is 21.4 Å². The second-order valence-electron chi connectivity index (χ2n) is 6.63. The lowest BCUT2D eigenvalue weighted by Crippen LogP contribution is -2.45. The Kier molecular flexibility index (Phi) is 7.56. The molecule has 0 aliphatic rings. The van der Waals surface area contributed by atoms with Crippen molar-refractivity contribution >= 4 is 44.8 Å². The number of nitrogens with one attached hydrogen (secondary N) is 2. The first-order valence-electron chi connectivity index (χ1n) is 9.25. The van der Waals surface area contributed by atoms with E-state index in [4.69, 9.17) is 27.9 Å². The SMILES string of the molecule is COc1ccccc1NC(=O)[C@@H](Cc1ccccc1)NS(=O)(=O)c1cc(Cl)ccc1Cl. The second-order valence-corrected chi connectivity index (χ2v) is 9.15. The monoisotopic (exact) mass is 478 g/mol. The Labute approximate surface area is 191 Å². The lowest BCUT2D eigenvalue weighted by Gasteiger charge is -2.20. The first kappa shape index (κ1) is 23.1. The Hall–Kier alpha value is -2.58. The van der Waals surface area contributed by atoms with Crippen molar-refractivity contribution in [1.82, 2.24) is 4.72 Å². The van der Waals surface area contributed by atoms with Gasteiger partial charge in [0.05, 0.1) is 17.8 Å². The molecular weight excluding hydrogens is 459 g/mol. The highest BCUT2D eigenvalue weighted by Crippen LogP contribution is 2.26. The van der Waals surface area contributed by atoms with Gasteiger partial charge in [0.15, 0.2) is 0 Å². The molecule has 0 aromatic heterocycles. The molecule has 0 spiro atoms. The van der Waals surface area contributed by atoms with E-state index in [2.05, 4.69) is 10.0 Å². The number of carbonyl (C=O) groups excluding carboxylic acids is 1. The van der Waals surface area contributed by atoms with Crippen LogP contribution in [0.4, 0.5) is 5.69 Å². The lowest BCUT2D eigenvalue weighted by atomic mass is 10.1. The maximum atomic E-state index is 13.1. The Morgan fingerprint density at radius 1 is 1.00 bits per heavy atom. The van der Waals surface area contributed by atoms with Crippen LogP contribution in [0.5, 0.6) is 5.75 Å². The molecule has 3 aromatic carbocycles. The average Bonchev–Trinajstić information content (AvgIpc) is 2.76. The van der Waals surface area contributed by atoms with Crippen molar-refractivity contribution in [2.75, 3.05) is 12.4 Å². The number of carbonyl (C=O) groups is 1. The Morgan fingerprint density at radius 3 is 2.39 bits per heavy atom. The largest absolute Gasteiger partial charge is 0.495 e. The molecule has 0 saturated heterocycles. The van der Waals surface area contributed by atoms with Crippen LogP contribution in [0.3, 0.4) is 0 Å². The van der Waals surface area contributed by atoms with Crippen LogP contribution in [0, 0.1) is 0 Å². The number of methoxy groups -OCH3 is 1. The molecule has 3 aromatic rings. The van der Waals surface area contributed by atoms with E-state index in [1.165, 1.54) is 25.3 Å². The number of hydrogen-bond acceptors (Lipinski definition) is 4. The molecule has 1 atom stereocenters. The van der Waals surface area contributed by atoms with E-state index in [0.29, 0.717) is 11.4 Å². The van der Waals surface area contributed by atoms with Gasteiger partial charge in [-0.1, -0.05) is 65.7 Å². The molecule has 0 fully saturated rings. The normalized spacial score (nSPS) is 12.2. The number of benzene rings is 3. The molecule has 0 aliphatic carbocycles.